The van der Waals surface area contributed by atoms with Crippen LogP contribution in [0.3, 0.4) is 0 Å². The SMILES string of the molecule is COc1ncc(C=O)cc1-c1ccc(OCC(F)(F)F)nc1. The van der Waals surface area contributed by atoms with Gasteiger partial charge in [0.1, 0.15) is 0 Å². The zero-order chi connectivity index (χ0) is 16.2. The zero-order valence-corrected chi connectivity index (χ0v) is 11.4. The van der Waals surface area contributed by atoms with Gasteiger partial charge in [0.05, 0.1) is 7.11 Å². The number of halogens is 3. The van der Waals surface area contributed by atoms with E-state index in [1.807, 2.05) is 0 Å². The zero-order valence-electron chi connectivity index (χ0n) is 11.4. The van der Waals surface area contributed by atoms with Crippen molar-refractivity contribution >= 4 is 6.29 Å². The lowest BCUT2D eigenvalue weighted by Gasteiger charge is -2.10. The van der Waals surface area contributed by atoms with E-state index in [1.54, 1.807) is 6.07 Å². The number of aromatic nitrogens is 2. The van der Waals surface area contributed by atoms with Crippen molar-refractivity contribution in [2.45, 2.75) is 6.18 Å². The first-order chi connectivity index (χ1) is 10.4. The van der Waals surface area contributed by atoms with E-state index in [0.717, 1.165) is 0 Å². The van der Waals surface area contributed by atoms with Crippen LogP contribution in [0.1, 0.15) is 10.4 Å². The number of hydrogen-bond acceptors (Lipinski definition) is 5. The minimum absolute atomic E-state index is 0.153. The number of carbonyl (C=O) groups is 1. The minimum Gasteiger partial charge on any atom is -0.481 e. The van der Waals surface area contributed by atoms with Crippen molar-refractivity contribution in [1.29, 1.82) is 0 Å². The summed E-state index contributed by atoms with van der Waals surface area (Å²) in [7, 11) is 1.42. The molecule has 0 spiro atoms. The predicted molar refractivity (Wildman–Crippen MR) is 71.0 cm³/mol. The van der Waals surface area contributed by atoms with Crippen LogP contribution in [0, 0.1) is 0 Å². The molecule has 0 atom stereocenters. The quantitative estimate of drug-likeness (QED) is 0.794. The molecule has 0 radical (unpaired) electrons. The number of carbonyl (C=O) groups excluding carboxylic acids is 1. The van der Waals surface area contributed by atoms with Gasteiger partial charge in [-0.05, 0) is 12.1 Å². The number of nitrogens with zero attached hydrogens (tertiary/aromatic N) is 2. The van der Waals surface area contributed by atoms with Crippen LogP contribution in [0.15, 0.2) is 30.6 Å². The van der Waals surface area contributed by atoms with Crippen LogP contribution in [-0.4, -0.2) is 36.1 Å². The third-order valence-corrected chi connectivity index (χ3v) is 2.63. The van der Waals surface area contributed by atoms with E-state index >= 15 is 0 Å². The second-order valence-corrected chi connectivity index (χ2v) is 4.23. The topological polar surface area (TPSA) is 61.3 Å². The summed E-state index contributed by atoms with van der Waals surface area (Å²) in [5, 5.41) is 0. The highest BCUT2D eigenvalue weighted by molar-refractivity contribution is 5.79. The molecule has 0 unspecified atom stereocenters. The number of rotatable bonds is 5. The molecule has 0 amide bonds. The number of alkyl halides is 3. The Morgan fingerprint density at radius 1 is 1.23 bits per heavy atom. The van der Waals surface area contributed by atoms with Gasteiger partial charge in [0, 0.05) is 35.2 Å². The van der Waals surface area contributed by atoms with Gasteiger partial charge in [-0.25, -0.2) is 9.97 Å². The molecule has 22 heavy (non-hydrogen) atoms. The summed E-state index contributed by atoms with van der Waals surface area (Å²) in [5.74, 6) is 0.121. The average Bonchev–Trinajstić information content (AvgIpc) is 2.52. The lowest BCUT2D eigenvalue weighted by Crippen LogP contribution is -2.19. The van der Waals surface area contributed by atoms with Crippen molar-refractivity contribution in [3.05, 3.63) is 36.2 Å². The smallest absolute Gasteiger partial charge is 0.422 e. The molecule has 2 aromatic rings. The molecule has 2 aromatic heterocycles. The molecule has 2 rings (SSSR count). The van der Waals surface area contributed by atoms with E-state index < -0.39 is 12.8 Å². The molecule has 5 nitrogen and oxygen atoms in total. The Kier molecular flexibility index (Phi) is 4.59. The second kappa shape index (κ2) is 6.42. The van der Waals surface area contributed by atoms with Crippen LogP contribution in [0.2, 0.25) is 0 Å². The van der Waals surface area contributed by atoms with Crippen LogP contribution in [0.25, 0.3) is 11.1 Å². The maximum Gasteiger partial charge on any atom is 0.422 e. The van der Waals surface area contributed by atoms with Gasteiger partial charge in [-0.15, -0.1) is 0 Å². The first-order valence-electron chi connectivity index (χ1n) is 6.08. The lowest BCUT2D eigenvalue weighted by atomic mass is 10.1. The van der Waals surface area contributed by atoms with E-state index in [2.05, 4.69) is 14.7 Å². The molecule has 0 aliphatic carbocycles. The Morgan fingerprint density at radius 3 is 2.55 bits per heavy atom. The van der Waals surface area contributed by atoms with Gasteiger partial charge in [0.15, 0.2) is 12.9 Å². The molecule has 0 saturated heterocycles. The largest absolute Gasteiger partial charge is 0.481 e. The van der Waals surface area contributed by atoms with Crippen LogP contribution in [-0.2, 0) is 0 Å². The van der Waals surface area contributed by atoms with Gasteiger partial charge in [-0.1, -0.05) is 0 Å². The van der Waals surface area contributed by atoms with Gasteiger partial charge in [-0.2, -0.15) is 13.2 Å². The molecule has 0 aliphatic heterocycles. The molecule has 0 N–H and O–H groups in total. The first kappa shape index (κ1) is 15.7. The summed E-state index contributed by atoms with van der Waals surface area (Å²) >= 11 is 0. The second-order valence-electron chi connectivity index (χ2n) is 4.23. The van der Waals surface area contributed by atoms with E-state index in [-0.39, 0.29) is 11.8 Å². The fourth-order valence-corrected chi connectivity index (χ4v) is 1.68. The minimum atomic E-state index is -4.42. The molecule has 0 aromatic carbocycles. The van der Waals surface area contributed by atoms with Crippen molar-refractivity contribution in [3.63, 3.8) is 0 Å². The summed E-state index contributed by atoms with van der Waals surface area (Å²) < 4.78 is 45.8. The highest BCUT2D eigenvalue weighted by Gasteiger charge is 2.28. The first-order valence-corrected chi connectivity index (χ1v) is 6.08. The van der Waals surface area contributed by atoms with Crippen LogP contribution in [0.4, 0.5) is 13.2 Å². The van der Waals surface area contributed by atoms with Gasteiger partial charge < -0.3 is 9.47 Å². The Labute approximate surface area is 123 Å². The fraction of sp³-hybridized carbons (Fsp3) is 0.214. The maximum atomic E-state index is 12.1. The van der Waals surface area contributed by atoms with E-state index in [0.29, 0.717) is 23.0 Å². The summed E-state index contributed by atoms with van der Waals surface area (Å²) in [6.45, 7) is -1.41. The number of methoxy groups -OCH3 is 1. The molecule has 0 bridgehead atoms. The van der Waals surface area contributed by atoms with Crippen LogP contribution >= 0.6 is 0 Å². The van der Waals surface area contributed by atoms with E-state index in [4.69, 9.17) is 4.74 Å². The third-order valence-electron chi connectivity index (χ3n) is 2.63. The van der Waals surface area contributed by atoms with Crippen molar-refractivity contribution in [3.8, 4) is 22.9 Å². The Balaban J connectivity index is 2.25. The number of ether oxygens (including phenoxy) is 2. The maximum absolute atomic E-state index is 12.1. The summed E-state index contributed by atoms with van der Waals surface area (Å²) in [6, 6.07) is 4.35. The number of pyridine rings is 2. The van der Waals surface area contributed by atoms with Crippen molar-refractivity contribution < 1.29 is 27.4 Å². The fourth-order valence-electron chi connectivity index (χ4n) is 1.68. The van der Waals surface area contributed by atoms with Crippen LogP contribution < -0.4 is 9.47 Å². The normalized spacial score (nSPS) is 11.1. The highest BCUT2D eigenvalue weighted by Crippen LogP contribution is 2.29. The van der Waals surface area contributed by atoms with E-state index in [9.17, 15) is 18.0 Å². The van der Waals surface area contributed by atoms with Gasteiger partial charge in [-0.3, -0.25) is 4.79 Å². The third kappa shape index (κ3) is 3.94. The number of hydrogen-bond donors (Lipinski definition) is 0. The van der Waals surface area contributed by atoms with Crippen molar-refractivity contribution in [1.82, 2.24) is 9.97 Å². The number of aldehydes is 1. The molecule has 2 heterocycles. The Bertz CT molecular complexity index is 657. The lowest BCUT2D eigenvalue weighted by molar-refractivity contribution is -0.154. The molecule has 0 aliphatic rings. The van der Waals surface area contributed by atoms with Crippen molar-refractivity contribution in [2.24, 2.45) is 0 Å². The molecule has 116 valence electrons. The van der Waals surface area contributed by atoms with E-state index in [1.165, 1.54) is 31.6 Å². The highest BCUT2D eigenvalue weighted by atomic mass is 19.4. The predicted octanol–water partition coefficient (Wildman–Crippen LogP) is 2.91. The van der Waals surface area contributed by atoms with Gasteiger partial charge in [0.25, 0.3) is 0 Å². The molecule has 0 saturated carbocycles. The summed E-state index contributed by atoms with van der Waals surface area (Å²) in [4.78, 5) is 18.6. The molecular formula is C14H11F3N2O3. The van der Waals surface area contributed by atoms with Gasteiger partial charge >= 0.3 is 6.18 Å². The van der Waals surface area contributed by atoms with Crippen LogP contribution in [0.5, 0.6) is 11.8 Å². The van der Waals surface area contributed by atoms with Gasteiger partial charge in [0.2, 0.25) is 11.8 Å². The molecule has 0 fully saturated rings. The van der Waals surface area contributed by atoms with Crippen molar-refractivity contribution in [2.75, 3.05) is 13.7 Å². The standard InChI is InChI=1S/C14H11F3N2O3/c1-21-13-11(4-9(7-20)5-19-13)10-2-3-12(18-6-10)22-8-14(15,16)17/h2-7H,8H2,1H3. The summed E-state index contributed by atoms with van der Waals surface area (Å²) in [5.41, 5.74) is 1.38. The summed E-state index contributed by atoms with van der Waals surface area (Å²) in [6.07, 6.45) is -1.13. The monoisotopic (exact) mass is 312 g/mol. The Morgan fingerprint density at radius 2 is 2.00 bits per heavy atom. The molecular weight excluding hydrogens is 301 g/mol. The molecule has 8 heteroatoms. The Hall–Kier alpha value is -2.64. The average molecular weight is 312 g/mol.